The van der Waals surface area contributed by atoms with E-state index in [1.165, 1.54) is 0 Å². The van der Waals surface area contributed by atoms with Crippen molar-refractivity contribution in [2.24, 2.45) is 35.5 Å². The summed E-state index contributed by atoms with van der Waals surface area (Å²) in [7, 11) is 0. The highest BCUT2D eigenvalue weighted by molar-refractivity contribution is 4.94. The Morgan fingerprint density at radius 1 is 0.600 bits per heavy atom. The molecule has 35 heavy (non-hydrogen) atoms. The highest BCUT2D eigenvalue weighted by atomic mass is 16.8. The van der Waals surface area contributed by atoms with E-state index in [1.807, 2.05) is 6.92 Å². The van der Waals surface area contributed by atoms with Crippen LogP contribution in [-0.2, 0) is 37.9 Å². The van der Waals surface area contributed by atoms with E-state index in [4.69, 9.17) is 37.9 Å². The van der Waals surface area contributed by atoms with E-state index in [-0.39, 0.29) is 79.5 Å². The van der Waals surface area contributed by atoms with Crippen molar-refractivity contribution in [1.82, 2.24) is 0 Å². The first-order chi connectivity index (χ1) is 16.7. The molecule has 5 aliphatic rings. The molecule has 0 amide bonds. The Labute approximate surface area is 210 Å². The SMILES string of the molecule is CCC1O[C@@H](O[C@H]2C(C)C(C)[C@@H]3OC[C@@H]2O3)C(C)[C@@H](C)[C@@H]1O[C@@H]1OC2COC(C)O[C@H]2[C@H](C)C1C. The van der Waals surface area contributed by atoms with Crippen molar-refractivity contribution >= 4 is 0 Å². The summed E-state index contributed by atoms with van der Waals surface area (Å²) in [4.78, 5) is 0. The molecule has 5 saturated heterocycles. The van der Waals surface area contributed by atoms with E-state index in [1.54, 1.807) is 0 Å². The fraction of sp³-hybridized carbons (Fsp3) is 1.00. The third-order valence-corrected chi connectivity index (χ3v) is 9.61. The molecule has 7 unspecified atom stereocenters. The lowest BCUT2D eigenvalue weighted by Gasteiger charge is -2.51. The van der Waals surface area contributed by atoms with Crippen LogP contribution in [0, 0.1) is 35.5 Å². The molecule has 8 heteroatoms. The van der Waals surface area contributed by atoms with Gasteiger partial charge in [0.25, 0.3) is 0 Å². The van der Waals surface area contributed by atoms with Gasteiger partial charge in [0.1, 0.15) is 12.2 Å². The Kier molecular flexibility index (Phi) is 7.85. The van der Waals surface area contributed by atoms with E-state index in [0.29, 0.717) is 31.0 Å². The second kappa shape index (κ2) is 10.4. The quantitative estimate of drug-likeness (QED) is 0.564. The van der Waals surface area contributed by atoms with Crippen LogP contribution < -0.4 is 0 Å². The Hall–Kier alpha value is -0.320. The van der Waals surface area contributed by atoms with Gasteiger partial charge in [0.05, 0.1) is 37.6 Å². The number of ether oxygens (including phenoxy) is 8. The highest BCUT2D eigenvalue weighted by Crippen LogP contribution is 2.43. The average Bonchev–Trinajstić information content (AvgIpc) is 3.30. The molecule has 16 atom stereocenters. The van der Waals surface area contributed by atoms with Crippen LogP contribution in [0.5, 0.6) is 0 Å². The molecular weight excluding hydrogens is 452 g/mol. The van der Waals surface area contributed by atoms with Crippen molar-refractivity contribution in [2.45, 2.75) is 124 Å². The van der Waals surface area contributed by atoms with Crippen molar-refractivity contribution in [3.63, 3.8) is 0 Å². The van der Waals surface area contributed by atoms with Gasteiger partial charge in [-0.05, 0) is 31.1 Å². The molecule has 0 aromatic carbocycles. The van der Waals surface area contributed by atoms with Gasteiger partial charge in [-0.3, -0.25) is 0 Å². The van der Waals surface area contributed by atoms with Crippen LogP contribution in [0.1, 0.15) is 61.8 Å². The zero-order chi connectivity index (χ0) is 25.0. The number of fused-ring (bicyclic) bond motifs is 3. The van der Waals surface area contributed by atoms with Gasteiger partial charge in [0.15, 0.2) is 25.2 Å². The molecule has 0 spiro atoms. The van der Waals surface area contributed by atoms with Gasteiger partial charge in [-0.2, -0.15) is 0 Å². The summed E-state index contributed by atoms with van der Waals surface area (Å²) in [6.45, 7) is 18.5. The van der Waals surface area contributed by atoms with Gasteiger partial charge in [0.2, 0.25) is 0 Å². The summed E-state index contributed by atoms with van der Waals surface area (Å²) in [5, 5.41) is 0. The zero-order valence-electron chi connectivity index (χ0n) is 22.6. The largest absolute Gasteiger partial charge is 0.350 e. The minimum atomic E-state index is -0.318. The lowest BCUT2D eigenvalue weighted by molar-refractivity contribution is -0.364. The normalized spacial score (nSPS) is 56.6. The summed E-state index contributed by atoms with van der Waals surface area (Å²) in [6.07, 6.45) is -0.359. The molecule has 0 aromatic rings. The van der Waals surface area contributed by atoms with Crippen LogP contribution in [0.4, 0.5) is 0 Å². The number of rotatable bonds is 5. The Morgan fingerprint density at radius 2 is 1.23 bits per heavy atom. The van der Waals surface area contributed by atoms with Gasteiger partial charge >= 0.3 is 0 Å². The Bertz CT molecular complexity index is 717. The average molecular weight is 499 g/mol. The number of hydrogen-bond acceptors (Lipinski definition) is 8. The summed E-state index contributed by atoms with van der Waals surface area (Å²) >= 11 is 0. The predicted molar refractivity (Wildman–Crippen MR) is 127 cm³/mol. The van der Waals surface area contributed by atoms with Crippen LogP contribution >= 0.6 is 0 Å². The molecular formula is C27H46O8. The maximum atomic E-state index is 6.74. The van der Waals surface area contributed by atoms with E-state index >= 15 is 0 Å². The highest BCUT2D eigenvalue weighted by Gasteiger charge is 2.52. The third kappa shape index (κ3) is 4.83. The molecule has 0 radical (unpaired) electrons. The first-order valence-corrected chi connectivity index (χ1v) is 13.9. The van der Waals surface area contributed by atoms with E-state index in [9.17, 15) is 0 Å². The van der Waals surface area contributed by atoms with Crippen LogP contribution in [0.2, 0.25) is 0 Å². The molecule has 0 saturated carbocycles. The molecule has 0 aliphatic carbocycles. The summed E-state index contributed by atoms with van der Waals surface area (Å²) < 4.78 is 50.1. The summed E-state index contributed by atoms with van der Waals surface area (Å²) in [5.74, 6) is 1.55. The van der Waals surface area contributed by atoms with Gasteiger partial charge in [-0.25, -0.2) is 0 Å². The van der Waals surface area contributed by atoms with Gasteiger partial charge < -0.3 is 37.9 Å². The first kappa shape index (κ1) is 26.3. The molecule has 2 bridgehead atoms. The second-order valence-corrected chi connectivity index (χ2v) is 11.7. The predicted octanol–water partition coefficient (Wildman–Crippen LogP) is 3.95. The van der Waals surface area contributed by atoms with Gasteiger partial charge in [0, 0.05) is 17.8 Å². The minimum absolute atomic E-state index is 0.0278. The second-order valence-electron chi connectivity index (χ2n) is 11.7. The van der Waals surface area contributed by atoms with E-state index < -0.39 is 0 Å². The van der Waals surface area contributed by atoms with Crippen LogP contribution in [0.3, 0.4) is 0 Å². The standard InChI is InChI=1S/C27H46O8/c1-9-19-22(34-27-17(7)14(4)23-20(33-27)10-28-18(8)30-23)13(3)16(6)26(31-19)35-24-12(2)15(5)25-29-11-21(24)32-25/h12-27H,9-11H2,1-8H3/t12?,13-,14-,15?,16?,17?,18?,19?,20?,21+,22+,23+,24+,25-,26+,27+/m1/s1. The maximum Gasteiger partial charge on any atom is 0.161 e. The molecule has 202 valence electrons. The number of hydrogen-bond donors (Lipinski definition) is 0. The van der Waals surface area contributed by atoms with Crippen LogP contribution in [0.25, 0.3) is 0 Å². The molecule has 0 aromatic heterocycles. The molecule has 5 aliphatic heterocycles. The topological polar surface area (TPSA) is 73.8 Å². The Balaban J connectivity index is 1.25. The van der Waals surface area contributed by atoms with Gasteiger partial charge in [-0.1, -0.05) is 48.5 Å². The fourth-order valence-corrected chi connectivity index (χ4v) is 6.50. The molecule has 5 heterocycles. The Morgan fingerprint density at radius 3 is 1.97 bits per heavy atom. The lowest BCUT2D eigenvalue weighted by Crippen LogP contribution is -2.59. The zero-order valence-corrected chi connectivity index (χ0v) is 22.6. The van der Waals surface area contributed by atoms with Crippen molar-refractivity contribution in [3.05, 3.63) is 0 Å². The minimum Gasteiger partial charge on any atom is -0.350 e. The third-order valence-electron chi connectivity index (χ3n) is 9.61. The van der Waals surface area contributed by atoms with Gasteiger partial charge in [-0.15, -0.1) is 0 Å². The molecule has 5 fully saturated rings. The lowest BCUT2D eigenvalue weighted by atomic mass is 9.81. The smallest absolute Gasteiger partial charge is 0.161 e. The molecule has 0 N–H and O–H groups in total. The van der Waals surface area contributed by atoms with Crippen LogP contribution in [0.15, 0.2) is 0 Å². The van der Waals surface area contributed by atoms with Crippen molar-refractivity contribution < 1.29 is 37.9 Å². The van der Waals surface area contributed by atoms with Crippen molar-refractivity contribution in [1.29, 1.82) is 0 Å². The van der Waals surface area contributed by atoms with Crippen molar-refractivity contribution in [2.75, 3.05) is 13.2 Å². The van der Waals surface area contributed by atoms with E-state index in [2.05, 4.69) is 48.5 Å². The van der Waals surface area contributed by atoms with E-state index in [0.717, 1.165) is 6.42 Å². The molecule has 5 rings (SSSR count). The monoisotopic (exact) mass is 498 g/mol. The first-order valence-electron chi connectivity index (χ1n) is 13.9. The van der Waals surface area contributed by atoms with Crippen molar-refractivity contribution in [3.8, 4) is 0 Å². The maximum absolute atomic E-state index is 6.74. The molecule has 8 nitrogen and oxygen atoms in total. The fourth-order valence-electron chi connectivity index (χ4n) is 6.50. The summed E-state index contributed by atoms with van der Waals surface area (Å²) in [6, 6.07) is 0. The summed E-state index contributed by atoms with van der Waals surface area (Å²) in [5.41, 5.74) is 0. The van der Waals surface area contributed by atoms with Crippen LogP contribution in [-0.4, -0.2) is 75.0 Å².